The molecule has 3 N–H and O–H groups in total. The van der Waals surface area contributed by atoms with Gasteiger partial charge < -0.3 is 20.5 Å². The quantitative estimate of drug-likeness (QED) is 0.882. The van der Waals surface area contributed by atoms with Crippen LogP contribution in [0.4, 0.5) is 5.13 Å². The fraction of sp³-hybridized carbons (Fsp3) is 0.500. The molecule has 0 spiro atoms. The van der Waals surface area contributed by atoms with E-state index in [0.29, 0.717) is 6.61 Å². The predicted octanol–water partition coefficient (Wildman–Crippen LogP) is 1.76. The van der Waals surface area contributed by atoms with Gasteiger partial charge in [-0.15, -0.1) is 0 Å². The van der Waals surface area contributed by atoms with Gasteiger partial charge in [0.25, 0.3) is 0 Å². The molecule has 1 aromatic heterocycles. The van der Waals surface area contributed by atoms with Gasteiger partial charge in [0.05, 0.1) is 23.4 Å². The molecule has 1 fully saturated rings. The number of benzene rings is 1. The Morgan fingerprint density at radius 2 is 2.30 bits per heavy atom. The van der Waals surface area contributed by atoms with E-state index in [9.17, 15) is 0 Å². The number of nitrogens with zero attached hydrogens (tertiary/aromatic N) is 1. The van der Waals surface area contributed by atoms with Gasteiger partial charge in [0, 0.05) is 30.7 Å². The van der Waals surface area contributed by atoms with E-state index in [-0.39, 0.29) is 12.1 Å². The second-order valence-corrected chi connectivity index (χ2v) is 6.32. The van der Waals surface area contributed by atoms with Crippen LogP contribution in [-0.2, 0) is 11.2 Å². The molecule has 4 rings (SSSR count). The molecule has 1 saturated heterocycles. The third kappa shape index (κ3) is 2.04. The van der Waals surface area contributed by atoms with Gasteiger partial charge in [-0.2, -0.15) is 0 Å². The second-order valence-electron chi connectivity index (χ2n) is 5.28. The molecule has 5 nitrogen and oxygen atoms in total. The third-order valence-corrected chi connectivity index (χ3v) is 4.89. The molecule has 20 heavy (non-hydrogen) atoms. The highest BCUT2D eigenvalue weighted by Crippen LogP contribution is 2.36. The monoisotopic (exact) mass is 291 g/mol. The Bertz CT molecular complexity index is 643. The first-order valence-electron chi connectivity index (χ1n) is 6.96. The molecule has 2 aliphatic rings. The van der Waals surface area contributed by atoms with Crippen molar-refractivity contribution < 1.29 is 9.47 Å². The van der Waals surface area contributed by atoms with Crippen molar-refractivity contribution in [3.63, 3.8) is 0 Å². The molecular formula is C14H17N3O2S. The summed E-state index contributed by atoms with van der Waals surface area (Å²) in [6, 6.07) is 4.41. The molecule has 0 saturated carbocycles. The number of ether oxygens (including phenoxy) is 2. The molecule has 2 aromatic rings. The Morgan fingerprint density at radius 3 is 3.20 bits per heavy atom. The lowest BCUT2D eigenvalue weighted by molar-refractivity contribution is 0.0752. The lowest BCUT2D eigenvalue weighted by atomic mass is 10.1. The van der Waals surface area contributed by atoms with Gasteiger partial charge >= 0.3 is 0 Å². The van der Waals surface area contributed by atoms with Gasteiger partial charge in [-0.3, -0.25) is 0 Å². The van der Waals surface area contributed by atoms with Crippen molar-refractivity contribution in [2.75, 3.05) is 25.1 Å². The maximum absolute atomic E-state index is 6.08. The minimum Gasteiger partial charge on any atom is -0.493 e. The van der Waals surface area contributed by atoms with Crippen molar-refractivity contribution in [2.45, 2.75) is 24.9 Å². The Labute approximate surface area is 121 Å². The van der Waals surface area contributed by atoms with Crippen LogP contribution in [0.1, 0.15) is 12.0 Å². The summed E-state index contributed by atoms with van der Waals surface area (Å²) < 4.78 is 12.2. The number of aromatic nitrogens is 1. The molecule has 2 atom stereocenters. The summed E-state index contributed by atoms with van der Waals surface area (Å²) in [6.07, 6.45) is 1.88. The highest BCUT2D eigenvalue weighted by atomic mass is 32.1. The van der Waals surface area contributed by atoms with Crippen LogP contribution in [0.25, 0.3) is 10.2 Å². The number of fused-ring (bicyclic) bond motifs is 3. The van der Waals surface area contributed by atoms with Gasteiger partial charge in [0.2, 0.25) is 0 Å². The zero-order chi connectivity index (χ0) is 13.5. The van der Waals surface area contributed by atoms with Crippen LogP contribution < -0.4 is 15.8 Å². The number of rotatable bonds is 2. The van der Waals surface area contributed by atoms with Crippen LogP contribution >= 0.6 is 11.3 Å². The normalized spacial score (nSPS) is 25.4. The van der Waals surface area contributed by atoms with Crippen LogP contribution in [0.3, 0.4) is 0 Å². The van der Waals surface area contributed by atoms with E-state index in [4.69, 9.17) is 20.2 Å². The molecule has 3 heterocycles. The fourth-order valence-corrected chi connectivity index (χ4v) is 3.79. The van der Waals surface area contributed by atoms with Crippen LogP contribution in [0.2, 0.25) is 0 Å². The largest absolute Gasteiger partial charge is 0.493 e. The summed E-state index contributed by atoms with van der Waals surface area (Å²) in [5.41, 5.74) is 8.40. The van der Waals surface area contributed by atoms with E-state index in [1.807, 2.05) is 6.07 Å². The van der Waals surface area contributed by atoms with E-state index >= 15 is 0 Å². The van der Waals surface area contributed by atoms with Gasteiger partial charge in [-0.05, 0) is 18.6 Å². The van der Waals surface area contributed by atoms with Crippen LogP contribution in [0, 0.1) is 0 Å². The van der Waals surface area contributed by atoms with Gasteiger partial charge in [-0.25, -0.2) is 4.98 Å². The number of nitrogens with two attached hydrogens (primary N) is 1. The molecule has 6 heteroatoms. The summed E-state index contributed by atoms with van der Waals surface area (Å²) in [4.78, 5) is 4.74. The number of nitrogens with one attached hydrogen (secondary N) is 1. The molecule has 2 aliphatic heterocycles. The van der Waals surface area contributed by atoms with Crippen LogP contribution in [0.5, 0.6) is 5.75 Å². The van der Waals surface area contributed by atoms with Crippen molar-refractivity contribution in [1.29, 1.82) is 0 Å². The zero-order valence-electron chi connectivity index (χ0n) is 11.1. The minimum absolute atomic E-state index is 0.0322. The summed E-state index contributed by atoms with van der Waals surface area (Å²) in [6.45, 7) is 2.14. The highest BCUT2D eigenvalue weighted by molar-refractivity contribution is 7.22. The Kier molecular flexibility index (Phi) is 3.02. The number of anilines is 1. The van der Waals surface area contributed by atoms with E-state index in [2.05, 4.69) is 11.4 Å². The highest BCUT2D eigenvalue weighted by Gasteiger charge is 2.24. The average Bonchev–Trinajstić information content (AvgIpc) is 3.06. The average molecular weight is 291 g/mol. The Balaban J connectivity index is 1.64. The lowest BCUT2D eigenvalue weighted by Gasteiger charge is -2.29. The molecule has 0 amide bonds. The van der Waals surface area contributed by atoms with E-state index < -0.39 is 0 Å². The smallest absolute Gasteiger partial charge is 0.184 e. The second kappa shape index (κ2) is 4.87. The zero-order valence-corrected chi connectivity index (χ0v) is 11.9. The van der Waals surface area contributed by atoms with Crippen LogP contribution in [0.15, 0.2) is 12.1 Å². The first kappa shape index (κ1) is 12.4. The Hall–Kier alpha value is -1.37. The number of hydrogen-bond donors (Lipinski definition) is 2. The van der Waals surface area contributed by atoms with Crippen molar-refractivity contribution in [1.82, 2.24) is 4.98 Å². The molecule has 0 bridgehead atoms. The van der Waals surface area contributed by atoms with Crippen molar-refractivity contribution in [3.8, 4) is 5.75 Å². The topological polar surface area (TPSA) is 69.4 Å². The molecule has 0 radical (unpaired) electrons. The molecule has 1 aromatic carbocycles. The summed E-state index contributed by atoms with van der Waals surface area (Å²) in [5.74, 6) is 0.983. The maximum Gasteiger partial charge on any atom is 0.184 e. The first-order chi connectivity index (χ1) is 9.81. The van der Waals surface area contributed by atoms with E-state index in [0.717, 1.165) is 42.5 Å². The molecule has 106 valence electrons. The third-order valence-electron chi connectivity index (χ3n) is 3.94. The lowest BCUT2D eigenvalue weighted by Crippen LogP contribution is -2.47. The Morgan fingerprint density at radius 1 is 1.35 bits per heavy atom. The molecular weight excluding hydrogens is 274 g/mol. The SMILES string of the molecule is N[C@@H]1COCC[C@H]1Nc1nc2c3c(ccc2s1)OCC3. The van der Waals surface area contributed by atoms with E-state index in [1.54, 1.807) is 11.3 Å². The van der Waals surface area contributed by atoms with Gasteiger partial charge in [-0.1, -0.05) is 11.3 Å². The maximum atomic E-state index is 6.08. The minimum atomic E-state index is 0.0322. The van der Waals surface area contributed by atoms with Crippen molar-refractivity contribution in [3.05, 3.63) is 17.7 Å². The summed E-state index contributed by atoms with van der Waals surface area (Å²) in [5, 5.41) is 4.42. The first-order valence-corrected chi connectivity index (χ1v) is 7.78. The number of hydrogen-bond acceptors (Lipinski definition) is 6. The molecule has 0 aliphatic carbocycles. The van der Waals surface area contributed by atoms with E-state index in [1.165, 1.54) is 10.3 Å². The number of thiazole rings is 1. The van der Waals surface area contributed by atoms with Gasteiger partial charge in [0.15, 0.2) is 5.13 Å². The van der Waals surface area contributed by atoms with Crippen molar-refractivity contribution in [2.24, 2.45) is 5.73 Å². The summed E-state index contributed by atoms with van der Waals surface area (Å²) >= 11 is 1.68. The standard InChI is InChI=1S/C14H17N3O2S/c15-9-7-18-5-4-10(9)16-14-17-13-8-3-6-19-11(8)1-2-12(13)20-14/h1-2,9-10H,3-7,15H2,(H,16,17)/t9-,10-/m1/s1. The van der Waals surface area contributed by atoms with Crippen LogP contribution in [-0.4, -0.2) is 36.9 Å². The van der Waals surface area contributed by atoms with Gasteiger partial charge in [0.1, 0.15) is 5.75 Å². The predicted molar refractivity (Wildman–Crippen MR) is 79.6 cm³/mol. The summed E-state index contributed by atoms with van der Waals surface area (Å²) in [7, 11) is 0. The fourth-order valence-electron chi connectivity index (χ4n) is 2.83. The van der Waals surface area contributed by atoms with Crippen molar-refractivity contribution >= 4 is 26.7 Å². The molecule has 0 unspecified atom stereocenters.